The lowest BCUT2D eigenvalue weighted by atomic mass is 10.2. The van der Waals surface area contributed by atoms with Crippen LogP contribution in [0, 0.1) is 10.1 Å². The fourth-order valence-corrected chi connectivity index (χ4v) is 3.06. The number of amides is 1. The predicted molar refractivity (Wildman–Crippen MR) is 96.7 cm³/mol. The summed E-state index contributed by atoms with van der Waals surface area (Å²) in [6, 6.07) is 3.17. The average molecular weight is 471 g/mol. The lowest BCUT2D eigenvalue weighted by Gasteiger charge is -2.22. The molecule has 0 aromatic heterocycles. The zero-order chi connectivity index (χ0) is 18.5. The van der Waals surface area contributed by atoms with Gasteiger partial charge in [-0.1, -0.05) is 6.92 Å². The molecule has 24 heavy (non-hydrogen) atoms. The van der Waals surface area contributed by atoms with Crippen molar-refractivity contribution in [2.24, 2.45) is 0 Å². The van der Waals surface area contributed by atoms with Gasteiger partial charge in [-0.15, -0.1) is 0 Å². The highest BCUT2D eigenvalue weighted by Gasteiger charge is 2.19. The molecule has 0 saturated carbocycles. The number of nitrogens with zero attached hydrogens (tertiary/aromatic N) is 2. The Hall–Kier alpha value is -1.31. The van der Waals surface area contributed by atoms with E-state index < -0.39 is 30.6 Å². The first-order chi connectivity index (χ1) is 11.0. The number of carbonyl (C=O) groups excluding carboxylic acids is 1. The van der Waals surface area contributed by atoms with Crippen LogP contribution in [0.1, 0.15) is 13.3 Å². The summed E-state index contributed by atoms with van der Waals surface area (Å²) in [5.74, 6) is -0.515. The van der Waals surface area contributed by atoms with Crippen LogP contribution in [0.2, 0.25) is 0 Å². The zero-order valence-electron chi connectivity index (χ0n) is 13.1. The first-order valence-corrected chi connectivity index (χ1v) is 10.0. The molecule has 1 amide bonds. The maximum Gasteiger partial charge on any atom is 0.272 e. The van der Waals surface area contributed by atoms with E-state index in [1.807, 2.05) is 6.92 Å². The zero-order valence-corrected chi connectivity index (χ0v) is 16.1. The molecule has 134 valence electrons. The SMILES string of the molecule is CCCN(CC(=O)Nc1cc([N+](=O)[O-])cc(S(C)(=O)=O)c1)C(O)I. The van der Waals surface area contributed by atoms with Gasteiger partial charge in [0.1, 0.15) is 0 Å². The number of alkyl halides is 1. The minimum absolute atomic E-state index is 0.00835. The highest BCUT2D eigenvalue weighted by atomic mass is 127. The number of hydrogen-bond donors (Lipinski definition) is 2. The number of anilines is 1. The summed E-state index contributed by atoms with van der Waals surface area (Å²) >= 11 is 1.75. The van der Waals surface area contributed by atoms with Crippen molar-refractivity contribution in [3.05, 3.63) is 28.3 Å². The van der Waals surface area contributed by atoms with Crippen LogP contribution >= 0.6 is 22.6 Å². The number of aliphatic hydroxyl groups excluding tert-OH is 1. The summed E-state index contributed by atoms with van der Waals surface area (Å²) in [5, 5.41) is 22.9. The normalized spacial score (nSPS) is 12.9. The molecule has 1 aromatic rings. The minimum atomic E-state index is -3.67. The van der Waals surface area contributed by atoms with E-state index in [1.165, 1.54) is 4.90 Å². The Morgan fingerprint density at radius 1 is 1.46 bits per heavy atom. The second kappa shape index (κ2) is 8.69. The van der Waals surface area contributed by atoms with Gasteiger partial charge < -0.3 is 10.4 Å². The summed E-state index contributed by atoms with van der Waals surface area (Å²) in [5.41, 5.74) is -0.429. The monoisotopic (exact) mass is 471 g/mol. The Kier molecular flexibility index (Phi) is 7.51. The molecule has 0 saturated heterocycles. The number of halogens is 1. The summed E-state index contributed by atoms with van der Waals surface area (Å²) in [6.45, 7) is 2.25. The number of nitro benzene ring substituents is 1. The second-order valence-electron chi connectivity index (χ2n) is 5.07. The molecule has 0 radical (unpaired) electrons. The van der Waals surface area contributed by atoms with Gasteiger partial charge in [-0.2, -0.15) is 0 Å². The number of nitro groups is 1. The van der Waals surface area contributed by atoms with E-state index in [1.54, 1.807) is 22.6 Å². The fraction of sp³-hybridized carbons (Fsp3) is 0.462. The van der Waals surface area contributed by atoms with Crippen LogP contribution in [0.3, 0.4) is 0 Å². The fourth-order valence-electron chi connectivity index (χ4n) is 1.91. The smallest absolute Gasteiger partial charge is 0.272 e. The quantitative estimate of drug-likeness (QED) is 0.146. The molecule has 1 aromatic carbocycles. The summed E-state index contributed by atoms with van der Waals surface area (Å²) in [7, 11) is -3.67. The van der Waals surface area contributed by atoms with Gasteiger partial charge >= 0.3 is 0 Å². The Bertz CT molecular complexity index is 722. The number of non-ortho nitro benzene ring substituents is 1. The van der Waals surface area contributed by atoms with Gasteiger partial charge in [0.25, 0.3) is 5.69 Å². The van der Waals surface area contributed by atoms with Crippen molar-refractivity contribution in [3.8, 4) is 0 Å². The molecule has 1 unspecified atom stereocenters. The number of benzene rings is 1. The van der Waals surface area contributed by atoms with Gasteiger partial charge in [0, 0.05) is 30.6 Å². The summed E-state index contributed by atoms with van der Waals surface area (Å²) in [4.78, 5) is 23.5. The number of aliphatic hydroxyl groups is 1. The van der Waals surface area contributed by atoms with E-state index >= 15 is 0 Å². The predicted octanol–water partition coefficient (Wildman–Crippen LogP) is 1.36. The van der Waals surface area contributed by atoms with Crippen molar-refractivity contribution in [2.75, 3.05) is 24.7 Å². The molecule has 0 spiro atoms. The first-order valence-electron chi connectivity index (χ1n) is 6.90. The Balaban J connectivity index is 3.03. The molecule has 0 aliphatic carbocycles. The molecule has 2 N–H and O–H groups in total. The molecule has 1 rings (SSSR count). The molecule has 0 bridgehead atoms. The molecular weight excluding hydrogens is 453 g/mol. The number of sulfone groups is 1. The van der Waals surface area contributed by atoms with E-state index in [0.717, 1.165) is 30.9 Å². The maximum absolute atomic E-state index is 12.1. The van der Waals surface area contributed by atoms with Gasteiger partial charge in [-0.25, -0.2) is 8.42 Å². The topological polar surface area (TPSA) is 130 Å². The Morgan fingerprint density at radius 3 is 2.54 bits per heavy atom. The van der Waals surface area contributed by atoms with Crippen molar-refractivity contribution in [1.82, 2.24) is 4.90 Å². The van der Waals surface area contributed by atoms with Crippen molar-refractivity contribution < 1.29 is 23.2 Å². The number of hydrogen-bond acceptors (Lipinski definition) is 7. The van der Waals surface area contributed by atoms with Crippen LogP contribution in [0.4, 0.5) is 11.4 Å². The maximum atomic E-state index is 12.1. The molecule has 0 aliphatic rings. The van der Waals surface area contributed by atoms with E-state index in [9.17, 15) is 28.4 Å². The van der Waals surface area contributed by atoms with Gasteiger partial charge in [0.15, 0.2) is 14.1 Å². The number of carbonyl (C=O) groups is 1. The van der Waals surface area contributed by atoms with Crippen molar-refractivity contribution in [1.29, 1.82) is 0 Å². The van der Waals surface area contributed by atoms with Crippen molar-refractivity contribution in [3.63, 3.8) is 0 Å². The number of rotatable bonds is 8. The third-order valence-electron chi connectivity index (χ3n) is 2.97. The molecule has 11 heteroatoms. The van der Waals surface area contributed by atoms with E-state index in [4.69, 9.17) is 0 Å². The van der Waals surface area contributed by atoms with Crippen LogP contribution < -0.4 is 5.32 Å². The molecule has 9 nitrogen and oxygen atoms in total. The van der Waals surface area contributed by atoms with Crippen LogP contribution in [0.5, 0.6) is 0 Å². The third kappa shape index (κ3) is 6.30. The Labute approximate surface area is 153 Å². The highest BCUT2D eigenvalue weighted by molar-refractivity contribution is 14.1. The van der Waals surface area contributed by atoms with E-state index in [2.05, 4.69) is 5.32 Å². The van der Waals surface area contributed by atoms with Crippen LogP contribution in [0.15, 0.2) is 23.1 Å². The van der Waals surface area contributed by atoms with Crippen LogP contribution in [-0.2, 0) is 14.6 Å². The third-order valence-corrected chi connectivity index (χ3v) is 4.85. The summed E-state index contributed by atoms with van der Waals surface area (Å²) < 4.78 is 22.4. The van der Waals surface area contributed by atoms with E-state index in [-0.39, 0.29) is 17.1 Å². The van der Waals surface area contributed by atoms with Gasteiger partial charge in [-0.3, -0.25) is 19.8 Å². The molecular formula is C13H18IN3O6S. The first kappa shape index (κ1) is 20.7. The van der Waals surface area contributed by atoms with Crippen molar-refractivity contribution >= 4 is 49.7 Å². The van der Waals surface area contributed by atoms with Gasteiger partial charge in [-0.05, 0) is 35.1 Å². The minimum Gasteiger partial charge on any atom is -0.369 e. The molecule has 1 atom stereocenters. The lowest BCUT2D eigenvalue weighted by molar-refractivity contribution is -0.385. The highest BCUT2D eigenvalue weighted by Crippen LogP contribution is 2.24. The standard InChI is InChI=1S/C13H18IN3O6S/c1-3-4-16(13(14)19)8-12(18)15-9-5-10(17(20)21)7-11(6-9)24(2,22)23/h5-7,13,19H,3-4,8H2,1-2H3,(H,15,18). The van der Waals surface area contributed by atoms with Gasteiger partial charge in [0.2, 0.25) is 5.91 Å². The summed E-state index contributed by atoms with van der Waals surface area (Å²) in [6.07, 6.45) is 1.65. The van der Waals surface area contributed by atoms with E-state index in [0.29, 0.717) is 6.54 Å². The van der Waals surface area contributed by atoms with Crippen LogP contribution in [-0.4, -0.2) is 52.8 Å². The molecule has 0 fully saturated rings. The second-order valence-corrected chi connectivity index (χ2v) is 8.20. The van der Waals surface area contributed by atoms with Crippen molar-refractivity contribution in [2.45, 2.75) is 22.5 Å². The van der Waals surface area contributed by atoms with Gasteiger partial charge in [0.05, 0.1) is 16.4 Å². The van der Waals surface area contributed by atoms with Crippen LogP contribution in [0.25, 0.3) is 0 Å². The Morgan fingerprint density at radius 2 is 2.08 bits per heavy atom. The lowest BCUT2D eigenvalue weighted by Crippen LogP contribution is -2.38. The average Bonchev–Trinajstić information content (AvgIpc) is 2.45. The number of nitrogens with one attached hydrogen (secondary N) is 1. The molecule has 0 heterocycles. The molecule has 0 aliphatic heterocycles. The largest absolute Gasteiger partial charge is 0.369 e.